The van der Waals surface area contributed by atoms with E-state index in [0.717, 1.165) is 31.4 Å². The number of hydrogen-bond donors (Lipinski definition) is 2. The van der Waals surface area contributed by atoms with E-state index < -0.39 is 17.8 Å². The third-order valence-corrected chi connectivity index (χ3v) is 6.65. The summed E-state index contributed by atoms with van der Waals surface area (Å²) in [6.07, 6.45) is 2.64. The number of ether oxygens (including phenoxy) is 1. The molecule has 172 valence electrons. The van der Waals surface area contributed by atoms with Crippen molar-refractivity contribution in [3.63, 3.8) is 0 Å². The maximum Gasteiger partial charge on any atom is 0.341 e. The number of nitrogens with one attached hydrogen (secondary N) is 1. The van der Waals surface area contributed by atoms with Gasteiger partial charge in [-0.3, -0.25) is 4.79 Å². The van der Waals surface area contributed by atoms with Crippen LogP contribution in [-0.2, 0) is 6.42 Å². The first-order valence-corrected chi connectivity index (χ1v) is 11.5. The van der Waals surface area contributed by atoms with Crippen LogP contribution >= 0.6 is 0 Å². The Bertz CT molecular complexity index is 1310. The van der Waals surface area contributed by atoms with Gasteiger partial charge in [0.2, 0.25) is 11.8 Å². The van der Waals surface area contributed by atoms with Gasteiger partial charge >= 0.3 is 5.97 Å². The number of hydrogen-bond acceptors (Lipinski definition) is 4. The minimum Gasteiger partial charge on any atom is -0.477 e. The molecule has 33 heavy (non-hydrogen) atoms. The van der Waals surface area contributed by atoms with Gasteiger partial charge in [-0.15, -0.1) is 0 Å². The SMILES string of the molecule is CCC(F)Oc1c(-c2ccc3c(c2)CCNC3C)ccc2c(=O)c(C(=O)O)cn(C3CC3)c12. The molecule has 2 aliphatic rings. The lowest BCUT2D eigenvalue weighted by atomic mass is 9.91. The molecule has 7 heteroatoms. The van der Waals surface area contributed by atoms with Crippen molar-refractivity contribution < 1.29 is 19.0 Å². The second-order valence-electron chi connectivity index (χ2n) is 8.93. The lowest BCUT2D eigenvalue weighted by molar-refractivity contribution is 0.0656. The number of aromatic carboxylic acids is 1. The normalized spacial score (nSPS) is 18.7. The first-order valence-electron chi connectivity index (χ1n) is 11.5. The topological polar surface area (TPSA) is 80.6 Å². The maximum absolute atomic E-state index is 14.6. The summed E-state index contributed by atoms with van der Waals surface area (Å²) in [6.45, 7) is 4.71. The highest BCUT2D eigenvalue weighted by Gasteiger charge is 2.30. The van der Waals surface area contributed by atoms with Gasteiger partial charge in [0.25, 0.3) is 0 Å². The number of rotatable bonds is 6. The smallest absolute Gasteiger partial charge is 0.341 e. The average Bonchev–Trinajstić information content (AvgIpc) is 3.64. The highest BCUT2D eigenvalue weighted by molar-refractivity contribution is 5.97. The second-order valence-corrected chi connectivity index (χ2v) is 8.93. The molecule has 2 heterocycles. The van der Waals surface area contributed by atoms with Crippen LogP contribution in [0.2, 0.25) is 0 Å². The van der Waals surface area contributed by atoms with Crippen LogP contribution in [0.4, 0.5) is 4.39 Å². The zero-order chi connectivity index (χ0) is 23.3. The highest BCUT2D eigenvalue weighted by atomic mass is 19.1. The quantitative estimate of drug-likeness (QED) is 0.553. The summed E-state index contributed by atoms with van der Waals surface area (Å²) in [6, 6.07) is 9.93. The Balaban J connectivity index is 1.79. The molecule has 1 aliphatic carbocycles. The largest absolute Gasteiger partial charge is 0.477 e. The fourth-order valence-electron chi connectivity index (χ4n) is 4.71. The van der Waals surface area contributed by atoms with Crippen LogP contribution in [0, 0.1) is 0 Å². The maximum atomic E-state index is 14.6. The van der Waals surface area contributed by atoms with E-state index in [0.29, 0.717) is 16.8 Å². The lowest BCUT2D eigenvalue weighted by Gasteiger charge is -2.25. The first kappa shape index (κ1) is 21.6. The predicted octanol–water partition coefficient (Wildman–Crippen LogP) is 4.99. The van der Waals surface area contributed by atoms with Gasteiger partial charge in [-0.2, -0.15) is 0 Å². The van der Waals surface area contributed by atoms with Crippen molar-refractivity contribution in [1.29, 1.82) is 0 Å². The standard InChI is InChI=1S/C26H27FN2O4/c1-3-22(27)33-25-19(15-4-7-18-14(2)28-11-10-16(18)12-15)8-9-20-23(25)29(17-5-6-17)13-21(24(20)30)26(31)32/h4,7-9,12-14,17,22,28H,3,5-6,10-11H2,1-2H3,(H,31,32). The van der Waals surface area contributed by atoms with Crippen LogP contribution in [0.25, 0.3) is 22.0 Å². The van der Waals surface area contributed by atoms with Gasteiger partial charge in [0, 0.05) is 30.3 Å². The lowest BCUT2D eigenvalue weighted by Crippen LogP contribution is -2.27. The molecule has 1 aliphatic heterocycles. The Kier molecular flexibility index (Phi) is 5.44. The monoisotopic (exact) mass is 450 g/mol. The molecule has 5 rings (SSSR count). The summed E-state index contributed by atoms with van der Waals surface area (Å²) in [5.41, 5.74) is 3.67. The summed E-state index contributed by atoms with van der Waals surface area (Å²) < 4.78 is 22.2. The minimum atomic E-state index is -1.54. The summed E-state index contributed by atoms with van der Waals surface area (Å²) >= 11 is 0. The fourth-order valence-corrected chi connectivity index (χ4v) is 4.71. The fraction of sp³-hybridized carbons (Fsp3) is 0.385. The predicted molar refractivity (Wildman–Crippen MR) is 125 cm³/mol. The van der Waals surface area contributed by atoms with Gasteiger partial charge in [0.15, 0.2) is 5.75 Å². The van der Waals surface area contributed by atoms with E-state index in [1.54, 1.807) is 23.6 Å². The van der Waals surface area contributed by atoms with E-state index in [1.807, 2.05) is 6.07 Å². The number of alkyl halides is 1. The molecular weight excluding hydrogens is 423 g/mol. The van der Waals surface area contributed by atoms with Crippen molar-refractivity contribution in [2.24, 2.45) is 0 Å². The molecule has 6 nitrogen and oxygen atoms in total. The van der Waals surface area contributed by atoms with Crippen LogP contribution in [0.3, 0.4) is 0 Å². The van der Waals surface area contributed by atoms with Crippen LogP contribution in [0.1, 0.15) is 66.7 Å². The third kappa shape index (κ3) is 3.80. The first-order chi connectivity index (χ1) is 15.9. The van der Waals surface area contributed by atoms with Crippen molar-refractivity contribution in [3.8, 4) is 16.9 Å². The van der Waals surface area contributed by atoms with Crippen LogP contribution in [0.5, 0.6) is 5.75 Å². The molecule has 0 bridgehead atoms. The van der Waals surface area contributed by atoms with E-state index in [9.17, 15) is 19.1 Å². The minimum absolute atomic E-state index is 0.0685. The second kappa shape index (κ2) is 8.30. The Morgan fingerprint density at radius 3 is 2.79 bits per heavy atom. The zero-order valence-electron chi connectivity index (χ0n) is 18.7. The van der Waals surface area contributed by atoms with Gasteiger partial charge in [-0.1, -0.05) is 25.1 Å². The van der Waals surface area contributed by atoms with Crippen LogP contribution < -0.4 is 15.5 Å². The summed E-state index contributed by atoms with van der Waals surface area (Å²) in [5, 5.41) is 13.3. The number of pyridine rings is 1. The number of halogens is 1. The average molecular weight is 451 g/mol. The Hall–Kier alpha value is -3.19. The van der Waals surface area contributed by atoms with Gasteiger partial charge in [0.05, 0.1) is 10.9 Å². The van der Waals surface area contributed by atoms with Gasteiger partial charge < -0.3 is 19.7 Å². The van der Waals surface area contributed by atoms with Crippen molar-refractivity contribution in [3.05, 3.63) is 63.4 Å². The van der Waals surface area contributed by atoms with E-state index >= 15 is 0 Å². The van der Waals surface area contributed by atoms with E-state index in [4.69, 9.17) is 4.74 Å². The van der Waals surface area contributed by atoms with Crippen LogP contribution in [0.15, 0.2) is 41.3 Å². The molecule has 2 N–H and O–H groups in total. The Morgan fingerprint density at radius 1 is 1.30 bits per heavy atom. The van der Waals surface area contributed by atoms with Crippen molar-refractivity contribution in [1.82, 2.24) is 9.88 Å². The number of carboxylic acids is 1. The molecule has 1 aromatic heterocycles. The Morgan fingerprint density at radius 2 is 2.09 bits per heavy atom. The zero-order valence-corrected chi connectivity index (χ0v) is 18.7. The molecule has 0 spiro atoms. The number of nitrogens with zero attached hydrogens (tertiary/aromatic N) is 1. The van der Waals surface area contributed by atoms with E-state index in [-0.39, 0.29) is 29.5 Å². The molecule has 0 amide bonds. The molecule has 1 fully saturated rings. The molecule has 2 aromatic carbocycles. The number of carboxylic acid groups (broad SMARTS) is 1. The Labute approximate surface area is 191 Å². The van der Waals surface area contributed by atoms with Gasteiger partial charge in [-0.25, -0.2) is 9.18 Å². The van der Waals surface area contributed by atoms with Crippen molar-refractivity contribution >= 4 is 16.9 Å². The van der Waals surface area contributed by atoms with E-state index in [1.165, 1.54) is 17.3 Å². The van der Waals surface area contributed by atoms with Crippen molar-refractivity contribution in [2.75, 3.05) is 6.54 Å². The summed E-state index contributed by atoms with van der Waals surface area (Å²) in [4.78, 5) is 24.7. The number of benzene rings is 2. The molecule has 2 unspecified atom stereocenters. The third-order valence-electron chi connectivity index (χ3n) is 6.65. The highest BCUT2D eigenvalue weighted by Crippen LogP contribution is 2.43. The number of carbonyl (C=O) groups is 1. The number of aromatic nitrogens is 1. The molecule has 2 atom stereocenters. The summed E-state index contributed by atoms with van der Waals surface area (Å²) in [7, 11) is 0. The molecule has 0 saturated heterocycles. The van der Waals surface area contributed by atoms with Crippen molar-refractivity contribution in [2.45, 2.75) is 58.0 Å². The van der Waals surface area contributed by atoms with Gasteiger partial charge in [-0.05, 0) is 61.6 Å². The van der Waals surface area contributed by atoms with Gasteiger partial charge in [0.1, 0.15) is 5.56 Å². The number of fused-ring (bicyclic) bond motifs is 2. The molecule has 3 aromatic rings. The van der Waals surface area contributed by atoms with Crippen LogP contribution in [-0.4, -0.2) is 28.5 Å². The summed E-state index contributed by atoms with van der Waals surface area (Å²) in [5.74, 6) is -0.970. The van der Waals surface area contributed by atoms with E-state index in [2.05, 4.69) is 24.4 Å². The molecule has 0 radical (unpaired) electrons. The molecular formula is C26H27FN2O4. The molecule has 1 saturated carbocycles.